The van der Waals surface area contributed by atoms with Crippen LogP contribution in [0.1, 0.15) is 35.4 Å². The number of likely N-dealkylation sites (tertiary alicyclic amines) is 1. The van der Waals surface area contributed by atoms with Crippen LogP contribution < -0.4 is 5.32 Å². The van der Waals surface area contributed by atoms with Crippen LogP contribution in [-0.2, 0) is 27.4 Å². The predicted octanol–water partition coefficient (Wildman–Crippen LogP) is 2.05. The van der Waals surface area contributed by atoms with Gasteiger partial charge in [0.1, 0.15) is 0 Å². The van der Waals surface area contributed by atoms with E-state index in [-0.39, 0.29) is 17.8 Å². The molecule has 1 aromatic heterocycles. The van der Waals surface area contributed by atoms with Crippen molar-refractivity contribution < 1.29 is 14.3 Å². The lowest BCUT2D eigenvalue weighted by Gasteiger charge is -2.29. The van der Waals surface area contributed by atoms with E-state index in [0.29, 0.717) is 13.1 Å². The minimum atomic E-state index is -0.146. The fourth-order valence-corrected chi connectivity index (χ4v) is 3.84. The number of carbonyl (C=O) groups is 2. The zero-order valence-electron chi connectivity index (χ0n) is 17.5. The Balaban J connectivity index is 1.50. The van der Waals surface area contributed by atoms with Crippen molar-refractivity contribution in [1.82, 2.24) is 20.0 Å². The van der Waals surface area contributed by atoms with Crippen LogP contribution in [0.2, 0.25) is 0 Å². The maximum Gasteiger partial charge on any atom is 0.308 e. The molecule has 1 fully saturated rings. The molecule has 0 bridgehead atoms. The Labute approximate surface area is 172 Å². The third-order valence-electron chi connectivity index (χ3n) is 5.66. The second-order valence-electron chi connectivity index (χ2n) is 7.64. The molecule has 0 radical (unpaired) electrons. The van der Waals surface area contributed by atoms with Gasteiger partial charge in [-0.3, -0.25) is 19.2 Å². The summed E-state index contributed by atoms with van der Waals surface area (Å²) >= 11 is 0. The second kappa shape index (κ2) is 9.69. The first-order valence-corrected chi connectivity index (χ1v) is 10.1. The van der Waals surface area contributed by atoms with E-state index in [9.17, 15) is 9.59 Å². The number of aryl methyl sites for hydroxylation is 1. The number of esters is 1. The Bertz CT molecular complexity index is 839. The van der Waals surface area contributed by atoms with E-state index in [0.717, 1.165) is 49.4 Å². The number of carbonyl (C=O) groups excluding carboxylic acids is 2. The molecular formula is C22H30N4O3. The number of methoxy groups -OCH3 is 1. The highest BCUT2D eigenvalue weighted by atomic mass is 16.5. The van der Waals surface area contributed by atoms with Crippen molar-refractivity contribution in [2.75, 3.05) is 26.7 Å². The van der Waals surface area contributed by atoms with Gasteiger partial charge in [0.25, 0.3) is 0 Å². The number of rotatable bonds is 7. The Morgan fingerprint density at radius 2 is 1.86 bits per heavy atom. The minimum Gasteiger partial charge on any atom is -0.469 e. The van der Waals surface area contributed by atoms with Gasteiger partial charge in [-0.1, -0.05) is 30.3 Å². The van der Waals surface area contributed by atoms with Gasteiger partial charge in [0, 0.05) is 17.8 Å². The van der Waals surface area contributed by atoms with Gasteiger partial charge in [-0.15, -0.1) is 0 Å². The summed E-state index contributed by atoms with van der Waals surface area (Å²) in [5.74, 6) is -0.191. The lowest BCUT2D eigenvalue weighted by molar-refractivity contribution is -0.147. The molecule has 0 saturated carbocycles. The van der Waals surface area contributed by atoms with Crippen molar-refractivity contribution >= 4 is 11.9 Å². The molecule has 1 saturated heterocycles. The van der Waals surface area contributed by atoms with E-state index in [4.69, 9.17) is 4.74 Å². The average molecular weight is 399 g/mol. The molecule has 0 spiro atoms. The molecule has 2 aromatic rings. The van der Waals surface area contributed by atoms with Crippen molar-refractivity contribution in [2.24, 2.45) is 5.92 Å². The minimum absolute atomic E-state index is 0.00359. The molecule has 1 amide bonds. The standard InChI is InChI=1S/C22H30N4O3/c1-16-20(17(2)26(24-16)14-18-7-5-4-6-8-18)13-23-21(27)15-25-11-9-19(10-12-25)22(28)29-3/h4-8,19H,9-15H2,1-3H3,(H,23,27). The molecule has 2 heterocycles. The number of aromatic nitrogens is 2. The first-order valence-electron chi connectivity index (χ1n) is 10.1. The molecule has 29 heavy (non-hydrogen) atoms. The van der Waals surface area contributed by atoms with E-state index in [1.165, 1.54) is 12.7 Å². The van der Waals surface area contributed by atoms with Crippen LogP contribution in [0.15, 0.2) is 30.3 Å². The normalized spacial score (nSPS) is 15.3. The SMILES string of the molecule is COC(=O)C1CCN(CC(=O)NCc2c(C)nn(Cc3ccccc3)c2C)CC1. The molecule has 1 N–H and O–H groups in total. The number of benzene rings is 1. The van der Waals surface area contributed by atoms with Crippen LogP contribution in [0.25, 0.3) is 0 Å². The first-order chi connectivity index (χ1) is 14.0. The Morgan fingerprint density at radius 3 is 2.52 bits per heavy atom. The zero-order chi connectivity index (χ0) is 20.8. The topological polar surface area (TPSA) is 76.5 Å². The van der Waals surface area contributed by atoms with Gasteiger partial charge in [-0.05, 0) is 45.3 Å². The number of amides is 1. The van der Waals surface area contributed by atoms with Gasteiger partial charge in [0.15, 0.2) is 0 Å². The third kappa shape index (κ3) is 5.44. The summed E-state index contributed by atoms with van der Waals surface area (Å²) in [7, 11) is 1.42. The van der Waals surface area contributed by atoms with Crippen molar-refractivity contribution in [2.45, 2.75) is 39.8 Å². The number of nitrogens with zero attached hydrogens (tertiary/aromatic N) is 3. The maximum atomic E-state index is 12.4. The highest BCUT2D eigenvalue weighted by Crippen LogP contribution is 2.18. The number of piperidine rings is 1. The number of nitrogens with one attached hydrogen (secondary N) is 1. The lowest BCUT2D eigenvalue weighted by atomic mass is 9.97. The molecule has 1 aromatic carbocycles. The van der Waals surface area contributed by atoms with Gasteiger partial charge in [-0.2, -0.15) is 5.10 Å². The van der Waals surface area contributed by atoms with Crippen LogP contribution in [-0.4, -0.2) is 53.3 Å². The summed E-state index contributed by atoms with van der Waals surface area (Å²) in [6, 6.07) is 10.2. The van der Waals surface area contributed by atoms with Crippen molar-refractivity contribution in [3.05, 3.63) is 52.8 Å². The van der Waals surface area contributed by atoms with E-state index >= 15 is 0 Å². The van der Waals surface area contributed by atoms with Gasteiger partial charge in [-0.25, -0.2) is 0 Å². The summed E-state index contributed by atoms with van der Waals surface area (Å²) in [5, 5.41) is 7.67. The highest BCUT2D eigenvalue weighted by molar-refractivity contribution is 5.78. The van der Waals surface area contributed by atoms with Crippen LogP contribution in [0.4, 0.5) is 0 Å². The number of ether oxygens (including phenoxy) is 1. The number of hydrogen-bond donors (Lipinski definition) is 1. The zero-order valence-corrected chi connectivity index (χ0v) is 17.5. The molecular weight excluding hydrogens is 368 g/mol. The predicted molar refractivity (Wildman–Crippen MR) is 110 cm³/mol. The summed E-state index contributed by atoms with van der Waals surface area (Å²) in [5.41, 5.74) is 4.28. The molecule has 0 aliphatic carbocycles. The van der Waals surface area contributed by atoms with Gasteiger partial charge in [0.2, 0.25) is 5.91 Å². The van der Waals surface area contributed by atoms with E-state index < -0.39 is 0 Å². The number of hydrogen-bond acceptors (Lipinski definition) is 5. The first kappa shape index (κ1) is 21.0. The monoisotopic (exact) mass is 398 g/mol. The Kier molecular flexibility index (Phi) is 7.04. The molecule has 1 aliphatic heterocycles. The molecule has 3 rings (SSSR count). The molecule has 0 unspecified atom stereocenters. The third-order valence-corrected chi connectivity index (χ3v) is 5.66. The van der Waals surface area contributed by atoms with Gasteiger partial charge >= 0.3 is 5.97 Å². The summed E-state index contributed by atoms with van der Waals surface area (Å²) in [6.45, 7) is 7.04. The highest BCUT2D eigenvalue weighted by Gasteiger charge is 2.26. The van der Waals surface area contributed by atoms with E-state index in [1.807, 2.05) is 36.7 Å². The van der Waals surface area contributed by atoms with Crippen LogP contribution in [0.3, 0.4) is 0 Å². The van der Waals surface area contributed by atoms with Crippen LogP contribution in [0, 0.1) is 19.8 Å². The summed E-state index contributed by atoms with van der Waals surface area (Å²) < 4.78 is 6.80. The molecule has 7 heteroatoms. The average Bonchev–Trinajstić information content (AvgIpc) is 2.99. The van der Waals surface area contributed by atoms with E-state index in [1.54, 1.807) is 0 Å². The molecule has 7 nitrogen and oxygen atoms in total. The second-order valence-corrected chi connectivity index (χ2v) is 7.64. The lowest BCUT2D eigenvalue weighted by Crippen LogP contribution is -2.42. The van der Waals surface area contributed by atoms with Crippen molar-refractivity contribution in [1.29, 1.82) is 0 Å². The van der Waals surface area contributed by atoms with Crippen LogP contribution in [0.5, 0.6) is 0 Å². The summed E-state index contributed by atoms with van der Waals surface area (Å²) in [6.07, 6.45) is 1.48. The fraction of sp³-hybridized carbons (Fsp3) is 0.500. The van der Waals surface area contributed by atoms with Gasteiger partial charge < -0.3 is 10.1 Å². The smallest absolute Gasteiger partial charge is 0.308 e. The van der Waals surface area contributed by atoms with Crippen molar-refractivity contribution in [3.8, 4) is 0 Å². The maximum absolute atomic E-state index is 12.4. The quantitative estimate of drug-likeness (QED) is 0.723. The van der Waals surface area contributed by atoms with Crippen molar-refractivity contribution in [3.63, 3.8) is 0 Å². The molecule has 0 atom stereocenters. The largest absolute Gasteiger partial charge is 0.469 e. The molecule has 1 aliphatic rings. The fourth-order valence-electron chi connectivity index (χ4n) is 3.84. The van der Waals surface area contributed by atoms with E-state index in [2.05, 4.69) is 27.4 Å². The Morgan fingerprint density at radius 1 is 1.17 bits per heavy atom. The van der Waals surface area contributed by atoms with Gasteiger partial charge in [0.05, 0.1) is 31.8 Å². The van der Waals surface area contributed by atoms with Crippen LogP contribution >= 0.6 is 0 Å². The summed E-state index contributed by atoms with van der Waals surface area (Å²) in [4.78, 5) is 26.1. The molecule has 156 valence electrons. The Hall–Kier alpha value is -2.67.